The average Bonchev–Trinajstić information content (AvgIpc) is 3.58. The highest BCUT2D eigenvalue weighted by Gasteiger charge is 2.39. The lowest BCUT2D eigenvalue weighted by molar-refractivity contribution is -0.137. The molecule has 6 aromatic carbocycles. The highest BCUT2D eigenvalue weighted by molar-refractivity contribution is 6.12. The molecule has 0 aliphatic rings. The van der Waals surface area contributed by atoms with E-state index in [1.165, 1.54) is 0 Å². The van der Waals surface area contributed by atoms with Crippen LogP contribution in [0.2, 0.25) is 0 Å². The summed E-state index contributed by atoms with van der Waals surface area (Å²) in [5, 5.41) is 13.3. The Kier molecular flexibility index (Phi) is 6.10. The topological polar surface area (TPSA) is 33.6 Å². The second-order valence-corrected chi connectivity index (χ2v) is 11.7. The molecule has 6 heteroatoms. The number of halogens is 3. The molecule has 0 bridgehead atoms. The smallest absolute Gasteiger partial charge is 0.309 e. The van der Waals surface area contributed by atoms with E-state index in [2.05, 4.69) is 6.07 Å². The summed E-state index contributed by atoms with van der Waals surface area (Å²) in [7, 11) is 0. The lowest BCUT2D eigenvalue weighted by Crippen LogP contribution is -2.16. The second kappa shape index (κ2) is 10.1. The molecule has 0 fully saturated rings. The second-order valence-electron chi connectivity index (χ2n) is 11.7. The van der Waals surface area contributed by atoms with Crippen LogP contribution in [-0.2, 0) is 6.18 Å². The molecule has 0 unspecified atom stereocenters. The van der Waals surface area contributed by atoms with E-state index < -0.39 is 11.7 Å². The van der Waals surface area contributed by atoms with Gasteiger partial charge in [-0.1, -0.05) is 72.8 Å². The quantitative estimate of drug-likeness (QED) is 0.197. The molecular weight excluding hydrogens is 579 g/mol. The number of rotatable bonds is 3. The van der Waals surface area contributed by atoms with Crippen LogP contribution in [0.5, 0.6) is 0 Å². The van der Waals surface area contributed by atoms with E-state index in [9.17, 15) is 5.26 Å². The van der Waals surface area contributed by atoms with Gasteiger partial charge in [0.05, 0.1) is 45.1 Å². The Hall–Kier alpha value is -5.80. The van der Waals surface area contributed by atoms with Gasteiger partial charge < -0.3 is 9.13 Å². The number of nitrogens with zero attached hydrogens (tertiary/aromatic N) is 3. The van der Waals surface area contributed by atoms with Crippen LogP contribution in [0.3, 0.4) is 0 Å². The van der Waals surface area contributed by atoms with E-state index in [1.807, 2.05) is 105 Å². The summed E-state index contributed by atoms with van der Waals surface area (Å²) < 4.78 is 51.0. The number of alkyl halides is 3. The zero-order valence-corrected chi connectivity index (χ0v) is 25.0. The Morgan fingerprint density at radius 1 is 0.543 bits per heavy atom. The summed E-state index contributed by atoms with van der Waals surface area (Å²) >= 11 is 0. The Labute approximate surface area is 263 Å². The standard InChI is InChI=1S/C40H26F3N3/c1-24-10-7-18-33-37(24)29-14-3-5-16-31(29)45(33)35-21-28(27-13-9-12-26(20-27)23-44)22-36(39(35)40(41,42)43)46-32-17-6-4-15-30(32)38-25(2)11-8-19-34(38)46/h3-22H,1-2H3. The number of hydrogen-bond donors (Lipinski definition) is 0. The van der Waals surface area contributed by atoms with Crippen molar-refractivity contribution in [1.82, 2.24) is 9.13 Å². The monoisotopic (exact) mass is 605 g/mol. The van der Waals surface area contributed by atoms with Crippen LogP contribution in [0.25, 0.3) is 66.1 Å². The van der Waals surface area contributed by atoms with Gasteiger partial charge in [0.2, 0.25) is 0 Å². The molecule has 0 spiro atoms. The van der Waals surface area contributed by atoms with Crippen LogP contribution in [0.1, 0.15) is 22.3 Å². The van der Waals surface area contributed by atoms with Gasteiger partial charge in [-0.05, 0) is 84.6 Å². The maximum atomic E-state index is 15.8. The number of benzene rings is 6. The van der Waals surface area contributed by atoms with Crippen LogP contribution in [0.15, 0.2) is 121 Å². The summed E-state index contributed by atoms with van der Waals surface area (Å²) in [6.45, 7) is 3.97. The van der Waals surface area contributed by atoms with Gasteiger partial charge in [-0.15, -0.1) is 0 Å². The number of nitriles is 1. The molecule has 0 amide bonds. The van der Waals surface area contributed by atoms with Crippen LogP contribution in [0, 0.1) is 25.2 Å². The van der Waals surface area contributed by atoms with Gasteiger partial charge in [-0.25, -0.2) is 0 Å². The first-order valence-electron chi connectivity index (χ1n) is 15.0. The van der Waals surface area contributed by atoms with E-state index in [-0.39, 0.29) is 11.4 Å². The summed E-state index contributed by atoms with van der Waals surface area (Å²) in [5.41, 5.74) is 5.70. The van der Waals surface area contributed by atoms with Crippen LogP contribution in [0.4, 0.5) is 13.2 Å². The molecule has 0 saturated heterocycles. The maximum absolute atomic E-state index is 15.8. The molecular formula is C40H26F3N3. The predicted octanol–water partition coefficient (Wildman–Crippen LogP) is 11.1. The van der Waals surface area contributed by atoms with E-state index in [1.54, 1.807) is 39.5 Å². The molecule has 0 radical (unpaired) electrons. The number of para-hydroxylation sites is 2. The molecule has 0 saturated carbocycles. The molecule has 222 valence electrons. The molecule has 2 heterocycles. The molecule has 0 aliphatic carbocycles. The average molecular weight is 606 g/mol. The number of hydrogen-bond acceptors (Lipinski definition) is 1. The van der Waals surface area contributed by atoms with Crippen molar-refractivity contribution in [3.8, 4) is 28.6 Å². The number of fused-ring (bicyclic) bond motifs is 6. The van der Waals surface area contributed by atoms with Crippen molar-refractivity contribution in [3.63, 3.8) is 0 Å². The van der Waals surface area contributed by atoms with Crippen LogP contribution in [-0.4, -0.2) is 9.13 Å². The highest BCUT2D eigenvalue weighted by Crippen LogP contribution is 2.46. The molecule has 3 nitrogen and oxygen atoms in total. The number of aromatic nitrogens is 2. The fraction of sp³-hybridized carbons (Fsp3) is 0.0750. The van der Waals surface area contributed by atoms with E-state index >= 15 is 13.2 Å². The number of aryl methyl sites for hydroxylation is 2. The van der Waals surface area contributed by atoms with E-state index in [0.29, 0.717) is 38.8 Å². The minimum absolute atomic E-state index is 0.0257. The summed E-state index contributed by atoms with van der Waals surface area (Å²) in [4.78, 5) is 0. The minimum atomic E-state index is -4.72. The van der Waals surface area contributed by atoms with Crippen LogP contribution < -0.4 is 0 Å². The SMILES string of the molecule is Cc1cccc2c1c1ccccc1n2-c1cc(-c2cccc(C#N)c2)cc(-n2c3ccccc3c3c(C)cccc32)c1C(F)(F)F. The van der Waals surface area contributed by atoms with Crippen molar-refractivity contribution >= 4 is 43.6 Å². The lowest BCUT2D eigenvalue weighted by Gasteiger charge is -2.23. The molecule has 0 N–H and O–H groups in total. The van der Waals surface area contributed by atoms with Gasteiger partial charge in [-0.3, -0.25) is 0 Å². The third-order valence-electron chi connectivity index (χ3n) is 9.00. The van der Waals surface area contributed by atoms with Crippen molar-refractivity contribution in [2.75, 3.05) is 0 Å². The first kappa shape index (κ1) is 27.7. The van der Waals surface area contributed by atoms with Gasteiger partial charge in [0.25, 0.3) is 0 Å². The van der Waals surface area contributed by atoms with E-state index in [4.69, 9.17) is 0 Å². The van der Waals surface area contributed by atoms with Crippen molar-refractivity contribution in [3.05, 3.63) is 144 Å². The first-order valence-corrected chi connectivity index (χ1v) is 15.0. The third-order valence-corrected chi connectivity index (χ3v) is 9.00. The zero-order valence-electron chi connectivity index (χ0n) is 25.0. The van der Waals surface area contributed by atoms with Gasteiger partial charge in [0.1, 0.15) is 5.56 Å². The lowest BCUT2D eigenvalue weighted by atomic mass is 9.98. The predicted molar refractivity (Wildman–Crippen MR) is 180 cm³/mol. The Bertz CT molecular complexity index is 2420. The molecule has 8 rings (SSSR count). The first-order chi connectivity index (χ1) is 22.3. The van der Waals surface area contributed by atoms with Crippen molar-refractivity contribution < 1.29 is 13.2 Å². The third kappa shape index (κ3) is 4.05. The van der Waals surface area contributed by atoms with E-state index in [0.717, 1.165) is 32.7 Å². The van der Waals surface area contributed by atoms with Gasteiger partial charge in [0, 0.05) is 21.5 Å². The van der Waals surface area contributed by atoms with Crippen molar-refractivity contribution in [2.45, 2.75) is 20.0 Å². The highest BCUT2D eigenvalue weighted by atomic mass is 19.4. The fourth-order valence-corrected chi connectivity index (χ4v) is 7.11. The van der Waals surface area contributed by atoms with Gasteiger partial charge in [-0.2, -0.15) is 18.4 Å². The van der Waals surface area contributed by atoms with Gasteiger partial charge in [0.15, 0.2) is 0 Å². The minimum Gasteiger partial charge on any atom is -0.309 e. The zero-order chi connectivity index (χ0) is 31.7. The molecule has 0 atom stereocenters. The summed E-state index contributed by atoms with van der Waals surface area (Å²) in [5.74, 6) is 0. The van der Waals surface area contributed by atoms with Crippen molar-refractivity contribution in [2.24, 2.45) is 0 Å². The molecule has 46 heavy (non-hydrogen) atoms. The Morgan fingerprint density at radius 2 is 1.02 bits per heavy atom. The fourth-order valence-electron chi connectivity index (χ4n) is 7.11. The van der Waals surface area contributed by atoms with Crippen molar-refractivity contribution in [1.29, 1.82) is 5.26 Å². The molecule has 8 aromatic rings. The molecule has 2 aromatic heterocycles. The Balaban J connectivity index is 1.62. The summed E-state index contributed by atoms with van der Waals surface area (Å²) in [6, 6.07) is 39.2. The Morgan fingerprint density at radius 3 is 1.52 bits per heavy atom. The molecule has 0 aliphatic heterocycles. The normalized spacial score (nSPS) is 12.0. The maximum Gasteiger partial charge on any atom is 0.420 e. The van der Waals surface area contributed by atoms with Crippen LogP contribution >= 0.6 is 0 Å². The van der Waals surface area contributed by atoms with Gasteiger partial charge >= 0.3 is 6.18 Å². The largest absolute Gasteiger partial charge is 0.420 e. The summed E-state index contributed by atoms with van der Waals surface area (Å²) in [6.07, 6.45) is -4.72.